The first kappa shape index (κ1) is 73.1. The van der Waals surface area contributed by atoms with E-state index < -0.39 is 6.10 Å². The largest absolute Gasteiger partial charge is 0.462 e. The molecule has 77 heavy (non-hydrogen) atoms. The summed E-state index contributed by atoms with van der Waals surface area (Å²) in [5.74, 6) is -0.928. The van der Waals surface area contributed by atoms with Crippen molar-refractivity contribution < 1.29 is 28.6 Å². The summed E-state index contributed by atoms with van der Waals surface area (Å²) >= 11 is 0. The normalized spacial score (nSPS) is 12.8. The second-order valence-corrected chi connectivity index (χ2v) is 21.3. The predicted molar refractivity (Wildman–Crippen MR) is 334 cm³/mol. The van der Waals surface area contributed by atoms with E-state index in [1.54, 1.807) is 0 Å². The van der Waals surface area contributed by atoms with Crippen LogP contribution in [0.2, 0.25) is 0 Å². The molecule has 0 aromatic carbocycles. The zero-order valence-electron chi connectivity index (χ0n) is 50.4. The second-order valence-electron chi connectivity index (χ2n) is 21.3. The molecule has 0 rings (SSSR count). The lowest BCUT2D eigenvalue weighted by atomic mass is 10.0. The van der Waals surface area contributed by atoms with Gasteiger partial charge in [0.1, 0.15) is 13.2 Å². The van der Waals surface area contributed by atoms with Gasteiger partial charge in [-0.25, -0.2) is 0 Å². The molecule has 0 bridgehead atoms. The zero-order valence-corrected chi connectivity index (χ0v) is 50.4. The number of allylic oxidation sites excluding steroid dienone is 18. The summed E-state index contributed by atoms with van der Waals surface area (Å²) in [4.78, 5) is 38.3. The van der Waals surface area contributed by atoms with Crippen LogP contribution >= 0.6 is 0 Å². The van der Waals surface area contributed by atoms with Crippen LogP contribution in [0.3, 0.4) is 0 Å². The highest BCUT2D eigenvalue weighted by atomic mass is 16.6. The van der Waals surface area contributed by atoms with Crippen LogP contribution in [0.5, 0.6) is 0 Å². The van der Waals surface area contributed by atoms with Crippen LogP contribution in [0.15, 0.2) is 109 Å². The van der Waals surface area contributed by atoms with Crippen LogP contribution in [-0.4, -0.2) is 37.2 Å². The first-order chi connectivity index (χ1) is 38.0. The molecular weight excluding hydrogens is 949 g/mol. The predicted octanol–water partition coefficient (Wildman–Crippen LogP) is 22.2. The molecule has 0 radical (unpaired) electrons. The number of hydrogen-bond donors (Lipinski definition) is 0. The molecule has 0 saturated carbocycles. The van der Waals surface area contributed by atoms with Crippen LogP contribution in [0.4, 0.5) is 0 Å². The van der Waals surface area contributed by atoms with E-state index in [-0.39, 0.29) is 31.1 Å². The van der Waals surface area contributed by atoms with Gasteiger partial charge >= 0.3 is 17.9 Å². The highest BCUT2D eigenvalue weighted by Gasteiger charge is 2.19. The highest BCUT2D eigenvalue weighted by Crippen LogP contribution is 2.15. The van der Waals surface area contributed by atoms with Crippen molar-refractivity contribution in [1.82, 2.24) is 0 Å². The summed E-state index contributed by atoms with van der Waals surface area (Å²) in [6.45, 7) is 6.47. The minimum Gasteiger partial charge on any atom is -0.462 e. The molecular formula is C71H120O6. The van der Waals surface area contributed by atoms with Crippen molar-refractivity contribution in [3.63, 3.8) is 0 Å². The number of hydrogen-bond acceptors (Lipinski definition) is 6. The van der Waals surface area contributed by atoms with Gasteiger partial charge in [0.15, 0.2) is 6.10 Å². The minimum atomic E-state index is -0.801. The Hall–Kier alpha value is -3.93. The molecule has 0 heterocycles. The van der Waals surface area contributed by atoms with Gasteiger partial charge in [0.05, 0.1) is 0 Å². The minimum absolute atomic E-state index is 0.0941. The van der Waals surface area contributed by atoms with E-state index in [1.807, 2.05) is 0 Å². The molecule has 1 unspecified atom stereocenters. The Morgan fingerprint density at radius 3 is 0.818 bits per heavy atom. The van der Waals surface area contributed by atoms with Crippen LogP contribution in [-0.2, 0) is 28.6 Å². The smallest absolute Gasteiger partial charge is 0.306 e. The summed E-state index contributed by atoms with van der Waals surface area (Å²) in [6, 6.07) is 0. The Labute approximate surface area is 476 Å². The standard InChI is InChI=1S/C71H120O6/c1-4-7-10-13-16-19-22-25-28-30-31-32-33-34-35-36-37-38-39-41-43-46-49-52-55-58-61-64-70(73)76-67-68(66-75-69(72)63-60-57-54-51-48-45-42-27-24-21-18-15-12-9-6-3)77-71(74)65-62-59-56-53-50-47-44-40-29-26-23-20-17-14-11-8-5-2/h8,11,17-18,20-22,25-27,29-31,33-34,42,44,47,68H,4-7,9-10,12-16,19,23-24,28,32,35-41,43,45-46,48-67H2,1-3H3/b11-8-,20-17-,21-18-,25-22-,29-26-,31-30-,34-33-,42-27-,47-44-. The van der Waals surface area contributed by atoms with Gasteiger partial charge in [-0.15, -0.1) is 0 Å². The number of carbonyl (C=O) groups excluding carboxylic acids is 3. The third-order valence-corrected chi connectivity index (χ3v) is 13.7. The molecule has 1 atom stereocenters. The summed E-state index contributed by atoms with van der Waals surface area (Å²) in [7, 11) is 0. The Kier molecular flexibility index (Phi) is 61.3. The Morgan fingerprint density at radius 2 is 0.506 bits per heavy atom. The van der Waals surface area contributed by atoms with Gasteiger partial charge in [0, 0.05) is 19.3 Å². The van der Waals surface area contributed by atoms with E-state index >= 15 is 0 Å². The molecule has 0 saturated heterocycles. The molecule has 0 fully saturated rings. The number of rotatable bonds is 58. The Balaban J connectivity index is 4.35. The fraction of sp³-hybridized carbons (Fsp3) is 0.704. The first-order valence-corrected chi connectivity index (χ1v) is 32.4. The maximum atomic E-state index is 12.9. The summed E-state index contributed by atoms with van der Waals surface area (Å²) in [5.41, 5.74) is 0. The molecule has 0 aliphatic heterocycles. The van der Waals surface area contributed by atoms with Gasteiger partial charge in [-0.1, -0.05) is 265 Å². The number of carbonyl (C=O) groups is 3. The highest BCUT2D eigenvalue weighted by molar-refractivity contribution is 5.71. The monoisotopic (exact) mass is 1070 g/mol. The maximum absolute atomic E-state index is 12.9. The van der Waals surface area contributed by atoms with Gasteiger partial charge in [-0.3, -0.25) is 14.4 Å². The lowest BCUT2D eigenvalue weighted by Crippen LogP contribution is -2.30. The quantitative estimate of drug-likeness (QED) is 0.0261. The average molecular weight is 1070 g/mol. The van der Waals surface area contributed by atoms with Crippen molar-refractivity contribution in [2.24, 2.45) is 0 Å². The van der Waals surface area contributed by atoms with Crippen molar-refractivity contribution in [2.45, 2.75) is 309 Å². The van der Waals surface area contributed by atoms with Crippen molar-refractivity contribution in [2.75, 3.05) is 13.2 Å². The van der Waals surface area contributed by atoms with Crippen LogP contribution < -0.4 is 0 Å². The zero-order chi connectivity index (χ0) is 55.7. The van der Waals surface area contributed by atoms with Crippen molar-refractivity contribution in [3.8, 4) is 0 Å². The van der Waals surface area contributed by atoms with Crippen molar-refractivity contribution >= 4 is 17.9 Å². The van der Waals surface area contributed by atoms with E-state index in [0.717, 1.165) is 135 Å². The number of esters is 3. The third-order valence-electron chi connectivity index (χ3n) is 13.7. The van der Waals surface area contributed by atoms with E-state index in [2.05, 4.69) is 130 Å². The van der Waals surface area contributed by atoms with E-state index in [0.29, 0.717) is 19.3 Å². The van der Waals surface area contributed by atoms with Gasteiger partial charge in [0.25, 0.3) is 0 Å². The van der Waals surface area contributed by atoms with Crippen LogP contribution in [0.25, 0.3) is 0 Å². The molecule has 6 heteroatoms. The summed E-state index contributed by atoms with van der Waals surface area (Å²) in [5, 5.41) is 0. The molecule has 0 aromatic heterocycles. The van der Waals surface area contributed by atoms with Gasteiger partial charge in [-0.05, 0) is 128 Å². The van der Waals surface area contributed by atoms with Crippen molar-refractivity contribution in [3.05, 3.63) is 109 Å². The summed E-state index contributed by atoms with van der Waals surface area (Å²) in [6.07, 6.45) is 88.1. The Morgan fingerprint density at radius 1 is 0.273 bits per heavy atom. The SMILES string of the molecule is CC/C=C\C/C=C\C/C=C\C/C=C\CCCCCCC(=O)OC(COC(=O)CCCCCCC/C=C\C/C=C\CCCCC)COC(=O)CCCCCCCCCCCCCC/C=C\C/C=C\C/C=C\CCCCCCC. The maximum Gasteiger partial charge on any atom is 0.306 e. The van der Waals surface area contributed by atoms with Gasteiger partial charge in [-0.2, -0.15) is 0 Å². The van der Waals surface area contributed by atoms with Crippen molar-refractivity contribution in [1.29, 1.82) is 0 Å². The lowest BCUT2D eigenvalue weighted by Gasteiger charge is -2.18. The van der Waals surface area contributed by atoms with E-state index in [9.17, 15) is 14.4 Å². The van der Waals surface area contributed by atoms with Gasteiger partial charge in [0.2, 0.25) is 0 Å². The topological polar surface area (TPSA) is 78.9 Å². The molecule has 0 amide bonds. The fourth-order valence-electron chi connectivity index (χ4n) is 8.88. The molecule has 440 valence electrons. The van der Waals surface area contributed by atoms with Crippen LogP contribution in [0.1, 0.15) is 303 Å². The van der Waals surface area contributed by atoms with Gasteiger partial charge < -0.3 is 14.2 Å². The molecule has 6 nitrogen and oxygen atoms in total. The lowest BCUT2D eigenvalue weighted by molar-refractivity contribution is -0.167. The molecule has 0 aliphatic carbocycles. The van der Waals surface area contributed by atoms with Crippen LogP contribution in [0, 0.1) is 0 Å². The molecule has 0 N–H and O–H groups in total. The third kappa shape index (κ3) is 62.8. The second kappa shape index (κ2) is 64.6. The number of unbranched alkanes of at least 4 members (excludes halogenated alkanes) is 29. The number of ether oxygens (including phenoxy) is 3. The first-order valence-electron chi connectivity index (χ1n) is 32.4. The van der Waals surface area contributed by atoms with E-state index in [1.165, 1.54) is 128 Å². The average Bonchev–Trinajstić information content (AvgIpc) is 3.43. The molecule has 0 aromatic rings. The van der Waals surface area contributed by atoms with E-state index in [4.69, 9.17) is 14.2 Å². The molecule has 0 aliphatic rings. The Bertz CT molecular complexity index is 1560. The molecule has 0 spiro atoms. The summed E-state index contributed by atoms with van der Waals surface area (Å²) < 4.78 is 16.9. The fourth-order valence-corrected chi connectivity index (χ4v) is 8.88.